The SMILES string of the molecule is CCC/C=C(\C)Cc1cccc(C)c1. The Morgan fingerprint density at radius 1 is 1.36 bits per heavy atom. The lowest BCUT2D eigenvalue weighted by atomic mass is 10.0. The van der Waals surface area contributed by atoms with Crippen molar-refractivity contribution in [3.63, 3.8) is 0 Å². The van der Waals surface area contributed by atoms with E-state index in [9.17, 15) is 0 Å². The van der Waals surface area contributed by atoms with E-state index in [0.29, 0.717) is 0 Å². The summed E-state index contributed by atoms with van der Waals surface area (Å²) in [5.74, 6) is 0. The van der Waals surface area contributed by atoms with E-state index < -0.39 is 0 Å². The third kappa shape index (κ3) is 3.78. The summed E-state index contributed by atoms with van der Waals surface area (Å²) in [7, 11) is 0. The number of rotatable bonds is 4. The highest BCUT2D eigenvalue weighted by atomic mass is 14.0. The highest BCUT2D eigenvalue weighted by molar-refractivity contribution is 5.25. The zero-order valence-electron chi connectivity index (χ0n) is 9.51. The fraction of sp³-hybridized carbons (Fsp3) is 0.429. The maximum atomic E-state index is 2.35. The number of unbranched alkanes of at least 4 members (excludes halogenated alkanes) is 1. The van der Waals surface area contributed by atoms with Crippen LogP contribution in [0, 0.1) is 6.92 Å². The molecule has 0 heterocycles. The van der Waals surface area contributed by atoms with Crippen LogP contribution in [0.3, 0.4) is 0 Å². The molecule has 1 aromatic rings. The van der Waals surface area contributed by atoms with E-state index in [1.165, 1.54) is 29.5 Å². The van der Waals surface area contributed by atoms with Crippen molar-refractivity contribution < 1.29 is 0 Å². The number of hydrogen-bond acceptors (Lipinski definition) is 0. The van der Waals surface area contributed by atoms with Crippen LogP contribution in [-0.4, -0.2) is 0 Å². The van der Waals surface area contributed by atoms with E-state index in [2.05, 4.69) is 51.1 Å². The molecule has 0 heteroatoms. The lowest BCUT2D eigenvalue weighted by molar-refractivity contribution is 0.938. The Hall–Kier alpha value is -1.04. The van der Waals surface area contributed by atoms with E-state index in [1.807, 2.05) is 0 Å². The van der Waals surface area contributed by atoms with Crippen LogP contribution in [0.1, 0.15) is 37.8 Å². The molecule has 14 heavy (non-hydrogen) atoms. The molecule has 1 rings (SSSR count). The Morgan fingerprint density at radius 2 is 2.14 bits per heavy atom. The average Bonchev–Trinajstić information content (AvgIpc) is 2.15. The number of allylic oxidation sites excluding steroid dienone is 2. The summed E-state index contributed by atoms with van der Waals surface area (Å²) in [6.07, 6.45) is 5.90. The van der Waals surface area contributed by atoms with Gasteiger partial charge >= 0.3 is 0 Å². The standard InChI is InChI=1S/C14H20/c1-4-5-7-12(2)10-14-9-6-8-13(3)11-14/h6-9,11H,4-5,10H2,1-3H3/b12-7+. The molecule has 0 aliphatic heterocycles. The van der Waals surface area contributed by atoms with Crippen molar-refractivity contribution in [3.05, 3.63) is 47.0 Å². The van der Waals surface area contributed by atoms with Crippen LogP contribution in [0.25, 0.3) is 0 Å². The van der Waals surface area contributed by atoms with Crippen LogP contribution in [0.4, 0.5) is 0 Å². The van der Waals surface area contributed by atoms with Crippen molar-refractivity contribution in [2.24, 2.45) is 0 Å². The highest BCUT2D eigenvalue weighted by Crippen LogP contribution is 2.10. The highest BCUT2D eigenvalue weighted by Gasteiger charge is 1.94. The Morgan fingerprint density at radius 3 is 2.79 bits per heavy atom. The molecule has 0 radical (unpaired) electrons. The fourth-order valence-corrected chi connectivity index (χ4v) is 1.61. The zero-order valence-corrected chi connectivity index (χ0v) is 9.51. The first-order chi connectivity index (χ1) is 6.72. The van der Waals surface area contributed by atoms with E-state index >= 15 is 0 Å². The predicted octanol–water partition coefficient (Wildman–Crippen LogP) is 4.28. The summed E-state index contributed by atoms with van der Waals surface area (Å²) in [5.41, 5.74) is 4.26. The Kier molecular flexibility index (Phi) is 4.45. The van der Waals surface area contributed by atoms with E-state index in [4.69, 9.17) is 0 Å². The molecule has 0 bridgehead atoms. The van der Waals surface area contributed by atoms with Gasteiger partial charge in [0.15, 0.2) is 0 Å². The zero-order chi connectivity index (χ0) is 10.4. The first-order valence-electron chi connectivity index (χ1n) is 5.43. The van der Waals surface area contributed by atoms with Gasteiger partial charge in [-0.05, 0) is 32.3 Å². The first kappa shape index (κ1) is 11.0. The van der Waals surface area contributed by atoms with Gasteiger partial charge in [-0.3, -0.25) is 0 Å². The second-order valence-corrected chi connectivity index (χ2v) is 4.00. The number of benzene rings is 1. The summed E-state index contributed by atoms with van der Waals surface area (Å²) in [5, 5.41) is 0. The Labute approximate surface area is 87.7 Å². The van der Waals surface area contributed by atoms with Crippen molar-refractivity contribution in [1.29, 1.82) is 0 Å². The third-order valence-corrected chi connectivity index (χ3v) is 2.35. The molecule has 1 aromatic carbocycles. The van der Waals surface area contributed by atoms with Crippen molar-refractivity contribution in [2.45, 2.75) is 40.0 Å². The van der Waals surface area contributed by atoms with Crippen LogP contribution in [-0.2, 0) is 6.42 Å². The van der Waals surface area contributed by atoms with Gasteiger partial charge in [-0.15, -0.1) is 0 Å². The molecule has 0 amide bonds. The molecular formula is C14H20. The Bertz CT molecular complexity index is 308. The molecular weight excluding hydrogens is 168 g/mol. The smallest absolute Gasteiger partial charge is 0.00698 e. The lowest BCUT2D eigenvalue weighted by Gasteiger charge is -2.03. The Balaban J connectivity index is 2.60. The summed E-state index contributed by atoms with van der Waals surface area (Å²) in [4.78, 5) is 0. The normalized spacial score (nSPS) is 11.8. The van der Waals surface area contributed by atoms with Gasteiger partial charge in [0.25, 0.3) is 0 Å². The summed E-state index contributed by atoms with van der Waals surface area (Å²) in [6, 6.07) is 8.76. The predicted molar refractivity (Wildman–Crippen MR) is 63.5 cm³/mol. The molecule has 0 fully saturated rings. The third-order valence-electron chi connectivity index (χ3n) is 2.35. The second-order valence-electron chi connectivity index (χ2n) is 4.00. The van der Waals surface area contributed by atoms with E-state index in [-0.39, 0.29) is 0 Å². The fourth-order valence-electron chi connectivity index (χ4n) is 1.61. The average molecular weight is 188 g/mol. The van der Waals surface area contributed by atoms with E-state index in [0.717, 1.165) is 6.42 Å². The number of hydrogen-bond donors (Lipinski definition) is 0. The van der Waals surface area contributed by atoms with Gasteiger partial charge < -0.3 is 0 Å². The minimum absolute atomic E-state index is 1.10. The largest absolute Gasteiger partial charge is 0.0853 e. The lowest BCUT2D eigenvalue weighted by Crippen LogP contribution is -1.87. The molecule has 76 valence electrons. The van der Waals surface area contributed by atoms with Crippen molar-refractivity contribution in [3.8, 4) is 0 Å². The second kappa shape index (κ2) is 5.64. The quantitative estimate of drug-likeness (QED) is 0.618. The molecule has 0 aliphatic rings. The van der Waals surface area contributed by atoms with Crippen LogP contribution in [0.15, 0.2) is 35.9 Å². The van der Waals surface area contributed by atoms with Gasteiger partial charge in [0, 0.05) is 0 Å². The van der Waals surface area contributed by atoms with Gasteiger partial charge in [0.1, 0.15) is 0 Å². The minimum Gasteiger partial charge on any atom is -0.0853 e. The van der Waals surface area contributed by atoms with Crippen molar-refractivity contribution >= 4 is 0 Å². The van der Waals surface area contributed by atoms with Gasteiger partial charge in [-0.1, -0.05) is 54.8 Å². The summed E-state index contributed by atoms with van der Waals surface area (Å²) in [6.45, 7) is 6.59. The minimum atomic E-state index is 1.10. The van der Waals surface area contributed by atoms with E-state index in [1.54, 1.807) is 0 Å². The van der Waals surface area contributed by atoms with Crippen molar-refractivity contribution in [2.75, 3.05) is 0 Å². The van der Waals surface area contributed by atoms with Gasteiger partial charge in [-0.25, -0.2) is 0 Å². The molecule has 0 saturated heterocycles. The molecule has 0 unspecified atom stereocenters. The van der Waals surface area contributed by atoms with Gasteiger partial charge in [0.05, 0.1) is 0 Å². The molecule has 0 spiro atoms. The van der Waals surface area contributed by atoms with Crippen LogP contribution in [0.5, 0.6) is 0 Å². The molecule has 0 atom stereocenters. The maximum Gasteiger partial charge on any atom is -0.00698 e. The first-order valence-corrected chi connectivity index (χ1v) is 5.43. The maximum absolute atomic E-state index is 2.35. The van der Waals surface area contributed by atoms with Crippen LogP contribution >= 0.6 is 0 Å². The van der Waals surface area contributed by atoms with Crippen LogP contribution in [0.2, 0.25) is 0 Å². The van der Waals surface area contributed by atoms with Gasteiger partial charge in [0.2, 0.25) is 0 Å². The van der Waals surface area contributed by atoms with Crippen molar-refractivity contribution in [1.82, 2.24) is 0 Å². The molecule has 0 saturated carbocycles. The number of aryl methyl sites for hydroxylation is 1. The molecule has 0 nitrogen and oxygen atoms in total. The molecule has 0 aliphatic carbocycles. The molecule has 0 aromatic heterocycles. The monoisotopic (exact) mass is 188 g/mol. The van der Waals surface area contributed by atoms with Crippen LogP contribution < -0.4 is 0 Å². The summed E-state index contributed by atoms with van der Waals surface area (Å²) >= 11 is 0. The topological polar surface area (TPSA) is 0 Å². The molecule has 0 N–H and O–H groups in total. The summed E-state index contributed by atoms with van der Waals surface area (Å²) < 4.78 is 0. The van der Waals surface area contributed by atoms with Gasteiger partial charge in [-0.2, -0.15) is 0 Å².